The van der Waals surface area contributed by atoms with Crippen LogP contribution in [0.1, 0.15) is 29.8 Å². The highest BCUT2D eigenvalue weighted by atomic mass is 32.2. The maximum atomic E-state index is 11.2. The molecule has 100 valence electrons. The van der Waals surface area contributed by atoms with Crippen LogP contribution in [-0.2, 0) is 4.79 Å². The van der Waals surface area contributed by atoms with Gasteiger partial charge in [0.1, 0.15) is 0 Å². The summed E-state index contributed by atoms with van der Waals surface area (Å²) in [5, 5.41) is 10.4. The van der Waals surface area contributed by atoms with Gasteiger partial charge in [-0.2, -0.15) is 0 Å². The summed E-state index contributed by atoms with van der Waals surface area (Å²) in [5.74, 6) is -1.44. The van der Waals surface area contributed by atoms with E-state index in [4.69, 9.17) is 5.11 Å². The van der Waals surface area contributed by atoms with Gasteiger partial charge < -0.3 is 5.11 Å². The van der Waals surface area contributed by atoms with Gasteiger partial charge in [-0.05, 0) is 35.5 Å². The van der Waals surface area contributed by atoms with Crippen molar-refractivity contribution in [1.29, 1.82) is 0 Å². The van der Waals surface area contributed by atoms with Crippen molar-refractivity contribution >= 4 is 35.0 Å². The van der Waals surface area contributed by atoms with Gasteiger partial charge in [0, 0.05) is 0 Å². The molecular weight excluding hydrogens is 266 g/mol. The standard InChI is InChI=1S/C11H7NO4S.C2H6/c13-9-8(17-11(16)12-9)5-6-1-3-7(4-2-6)10(14)15;1-2/h1-5H,(H,14,15)(H,12,13,16);1-2H3/b8-5+;. The lowest BCUT2D eigenvalue weighted by Crippen LogP contribution is -2.17. The van der Waals surface area contributed by atoms with Crippen LogP contribution in [0.5, 0.6) is 0 Å². The first kappa shape index (κ1) is 15.0. The predicted octanol–water partition coefficient (Wildman–Crippen LogP) is 2.73. The molecule has 1 heterocycles. The molecule has 0 spiro atoms. The highest BCUT2D eigenvalue weighted by molar-refractivity contribution is 8.18. The van der Waals surface area contributed by atoms with Gasteiger partial charge in [0.2, 0.25) is 0 Å². The summed E-state index contributed by atoms with van der Waals surface area (Å²) in [6.07, 6.45) is 1.54. The van der Waals surface area contributed by atoms with E-state index in [-0.39, 0.29) is 5.56 Å². The lowest BCUT2D eigenvalue weighted by atomic mass is 10.1. The van der Waals surface area contributed by atoms with Crippen LogP contribution in [0.25, 0.3) is 6.08 Å². The zero-order valence-electron chi connectivity index (χ0n) is 10.5. The summed E-state index contributed by atoms with van der Waals surface area (Å²) in [4.78, 5) is 33.1. The Morgan fingerprint density at radius 1 is 1.21 bits per heavy atom. The maximum absolute atomic E-state index is 11.2. The molecule has 1 aliphatic rings. The van der Waals surface area contributed by atoms with Crippen LogP contribution >= 0.6 is 11.8 Å². The first-order valence-corrected chi connectivity index (χ1v) is 6.46. The van der Waals surface area contributed by atoms with Gasteiger partial charge in [-0.1, -0.05) is 26.0 Å². The van der Waals surface area contributed by atoms with Gasteiger partial charge in [0.15, 0.2) is 0 Å². The van der Waals surface area contributed by atoms with E-state index in [1.165, 1.54) is 18.2 Å². The molecule has 1 saturated heterocycles. The van der Waals surface area contributed by atoms with E-state index in [1.807, 2.05) is 13.8 Å². The fourth-order valence-electron chi connectivity index (χ4n) is 1.29. The quantitative estimate of drug-likeness (QED) is 0.813. The Balaban J connectivity index is 0.000000861. The van der Waals surface area contributed by atoms with E-state index in [0.717, 1.165) is 11.8 Å². The molecule has 0 aromatic heterocycles. The minimum absolute atomic E-state index is 0.173. The number of carboxylic acids is 1. The summed E-state index contributed by atoms with van der Waals surface area (Å²) in [7, 11) is 0. The number of thioether (sulfide) groups is 1. The van der Waals surface area contributed by atoms with Crippen molar-refractivity contribution in [3.63, 3.8) is 0 Å². The monoisotopic (exact) mass is 279 g/mol. The number of nitrogens with one attached hydrogen (secondary N) is 1. The maximum Gasteiger partial charge on any atom is 0.335 e. The van der Waals surface area contributed by atoms with Gasteiger partial charge in [0.05, 0.1) is 10.5 Å². The summed E-state index contributed by atoms with van der Waals surface area (Å²) in [6, 6.07) is 6.03. The van der Waals surface area contributed by atoms with Gasteiger partial charge >= 0.3 is 5.97 Å². The van der Waals surface area contributed by atoms with Crippen LogP contribution in [0, 0.1) is 0 Å². The zero-order chi connectivity index (χ0) is 14.4. The minimum atomic E-state index is -1.01. The lowest BCUT2D eigenvalue weighted by Gasteiger charge is -1.96. The van der Waals surface area contributed by atoms with Crippen molar-refractivity contribution < 1.29 is 19.5 Å². The van der Waals surface area contributed by atoms with E-state index >= 15 is 0 Å². The second-order valence-corrected chi connectivity index (χ2v) is 4.29. The largest absolute Gasteiger partial charge is 0.478 e. The number of carboxylic acid groups (broad SMARTS) is 1. The second kappa shape index (κ2) is 6.75. The van der Waals surface area contributed by atoms with Crippen LogP contribution in [0.4, 0.5) is 4.79 Å². The molecule has 19 heavy (non-hydrogen) atoms. The molecule has 0 saturated carbocycles. The van der Waals surface area contributed by atoms with Crippen LogP contribution < -0.4 is 5.32 Å². The second-order valence-electron chi connectivity index (χ2n) is 3.28. The lowest BCUT2D eigenvalue weighted by molar-refractivity contribution is -0.115. The topological polar surface area (TPSA) is 83.5 Å². The molecule has 2 amide bonds. The summed E-state index contributed by atoms with van der Waals surface area (Å²) >= 11 is 0.824. The van der Waals surface area contributed by atoms with Crippen molar-refractivity contribution in [3.8, 4) is 0 Å². The third-order valence-electron chi connectivity index (χ3n) is 2.10. The summed E-state index contributed by atoms with van der Waals surface area (Å²) in [5.41, 5.74) is 0.842. The molecule has 5 nitrogen and oxygen atoms in total. The number of rotatable bonds is 2. The Hall–Kier alpha value is -2.08. The fraction of sp³-hybridized carbons (Fsp3) is 0.154. The number of hydrogen-bond donors (Lipinski definition) is 2. The number of carbonyl (C=O) groups excluding carboxylic acids is 2. The molecule has 0 atom stereocenters. The molecule has 1 aliphatic heterocycles. The highest BCUT2D eigenvalue weighted by Gasteiger charge is 2.24. The van der Waals surface area contributed by atoms with Gasteiger partial charge in [-0.3, -0.25) is 14.9 Å². The van der Waals surface area contributed by atoms with Crippen molar-refractivity contribution in [2.24, 2.45) is 0 Å². The van der Waals surface area contributed by atoms with Crippen molar-refractivity contribution in [2.75, 3.05) is 0 Å². The first-order valence-electron chi connectivity index (χ1n) is 5.64. The Morgan fingerprint density at radius 3 is 2.21 bits per heavy atom. The van der Waals surface area contributed by atoms with E-state index in [2.05, 4.69) is 5.32 Å². The summed E-state index contributed by atoms with van der Waals surface area (Å²) in [6.45, 7) is 4.00. The van der Waals surface area contributed by atoms with Crippen molar-refractivity contribution in [2.45, 2.75) is 13.8 Å². The molecule has 0 radical (unpaired) electrons. The van der Waals surface area contributed by atoms with Crippen LogP contribution in [0.2, 0.25) is 0 Å². The Kier molecular flexibility index (Phi) is 5.32. The third kappa shape index (κ3) is 3.96. The molecule has 2 rings (SSSR count). The molecule has 1 aromatic rings. The number of carbonyl (C=O) groups is 3. The molecule has 2 N–H and O–H groups in total. The van der Waals surface area contributed by atoms with E-state index in [9.17, 15) is 14.4 Å². The number of benzene rings is 1. The van der Waals surface area contributed by atoms with Crippen molar-refractivity contribution in [1.82, 2.24) is 5.32 Å². The smallest absolute Gasteiger partial charge is 0.335 e. The minimum Gasteiger partial charge on any atom is -0.478 e. The third-order valence-corrected chi connectivity index (χ3v) is 2.91. The van der Waals surface area contributed by atoms with Gasteiger partial charge in [-0.25, -0.2) is 4.79 Å². The van der Waals surface area contributed by atoms with E-state index < -0.39 is 17.1 Å². The molecule has 1 aromatic carbocycles. The molecule has 6 heteroatoms. The zero-order valence-corrected chi connectivity index (χ0v) is 11.3. The molecule has 0 unspecified atom stereocenters. The SMILES string of the molecule is CC.O=C1NC(=O)/C(=C\c2ccc(C(=O)O)cc2)S1. The average Bonchev–Trinajstić information content (AvgIpc) is 2.71. The number of aromatic carboxylic acids is 1. The Morgan fingerprint density at radius 2 is 1.79 bits per heavy atom. The highest BCUT2D eigenvalue weighted by Crippen LogP contribution is 2.25. The Labute approximate surface area is 114 Å². The van der Waals surface area contributed by atoms with Crippen LogP contribution in [0.15, 0.2) is 29.2 Å². The van der Waals surface area contributed by atoms with Gasteiger partial charge in [-0.15, -0.1) is 0 Å². The van der Waals surface area contributed by atoms with E-state index in [0.29, 0.717) is 10.5 Å². The number of hydrogen-bond acceptors (Lipinski definition) is 4. The van der Waals surface area contributed by atoms with E-state index in [1.54, 1.807) is 12.1 Å². The van der Waals surface area contributed by atoms with Crippen molar-refractivity contribution in [3.05, 3.63) is 40.3 Å². The number of imide groups is 1. The predicted molar refractivity (Wildman–Crippen MR) is 73.9 cm³/mol. The molecule has 0 bridgehead atoms. The number of amides is 2. The molecular formula is C13H13NO4S. The van der Waals surface area contributed by atoms with Crippen LogP contribution in [0.3, 0.4) is 0 Å². The van der Waals surface area contributed by atoms with Crippen LogP contribution in [-0.4, -0.2) is 22.2 Å². The first-order chi connectivity index (χ1) is 9.06. The van der Waals surface area contributed by atoms with Gasteiger partial charge in [0.25, 0.3) is 11.1 Å². The average molecular weight is 279 g/mol. The molecule has 1 fully saturated rings. The Bertz CT molecular complexity index is 534. The normalized spacial score (nSPS) is 15.8. The molecule has 0 aliphatic carbocycles. The summed E-state index contributed by atoms with van der Waals surface area (Å²) < 4.78 is 0. The fourth-order valence-corrected chi connectivity index (χ4v) is 1.98.